The minimum Gasteiger partial charge on any atom is -0.377 e. The maximum Gasteiger partial charge on any atom is 0.214 e. The van der Waals surface area contributed by atoms with Crippen molar-refractivity contribution in [3.8, 4) is 0 Å². The van der Waals surface area contributed by atoms with Crippen molar-refractivity contribution < 1.29 is 13.2 Å². The molecule has 144 valence electrons. The molecule has 0 bridgehead atoms. The Hall–Kier alpha value is -0.390. The molecule has 3 saturated carbocycles. The second-order valence-electron chi connectivity index (χ2n) is 8.33. The zero-order valence-electron chi connectivity index (χ0n) is 15.5. The van der Waals surface area contributed by atoms with Crippen LogP contribution in [0.3, 0.4) is 0 Å². The van der Waals surface area contributed by atoms with E-state index in [1.165, 1.54) is 38.5 Å². The molecular weight excluding hydrogens is 334 g/mol. The molecular formula is C20H35NO3S. The van der Waals surface area contributed by atoms with Gasteiger partial charge in [0.2, 0.25) is 10.0 Å². The Labute approximate surface area is 153 Å². The molecule has 3 rings (SSSR count). The number of allylic oxidation sites excluding steroid dienone is 1. The van der Waals surface area contributed by atoms with Gasteiger partial charge in [-0.25, -0.2) is 13.1 Å². The summed E-state index contributed by atoms with van der Waals surface area (Å²) in [5.74, 6) is 2.12. The number of ether oxygens (including phenoxy) is 1. The van der Waals surface area contributed by atoms with Gasteiger partial charge in [-0.05, 0) is 56.3 Å². The van der Waals surface area contributed by atoms with Gasteiger partial charge in [-0.2, -0.15) is 0 Å². The van der Waals surface area contributed by atoms with Gasteiger partial charge in [0, 0.05) is 6.54 Å². The fourth-order valence-corrected chi connectivity index (χ4v) is 6.77. The summed E-state index contributed by atoms with van der Waals surface area (Å²) in [5, 5.41) is -0.262. The van der Waals surface area contributed by atoms with E-state index in [1.807, 2.05) is 6.08 Å². The number of nitrogens with one attached hydrogen (secondary N) is 1. The van der Waals surface area contributed by atoms with E-state index in [2.05, 4.69) is 11.3 Å². The summed E-state index contributed by atoms with van der Waals surface area (Å²) in [6.07, 6.45) is 15.0. The first-order valence-corrected chi connectivity index (χ1v) is 11.9. The Morgan fingerprint density at radius 1 is 0.960 bits per heavy atom. The highest BCUT2D eigenvalue weighted by molar-refractivity contribution is 7.90. The van der Waals surface area contributed by atoms with E-state index < -0.39 is 10.0 Å². The molecule has 3 aliphatic rings. The third-order valence-corrected chi connectivity index (χ3v) is 8.60. The summed E-state index contributed by atoms with van der Waals surface area (Å²) in [5.41, 5.74) is 0. The first kappa shape index (κ1) is 19.4. The fourth-order valence-electron chi connectivity index (χ4n) is 5.19. The molecule has 5 atom stereocenters. The van der Waals surface area contributed by atoms with Crippen LogP contribution in [-0.2, 0) is 14.8 Å². The highest BCUT2D eigenvalue weighted by Gasteiger charge is 2.33. The summed E-state index contributed by atoms with van der Waals surface area (Å²) in [6, 6.07) is 0. The molecule has 5 unspecified atom stereocenters. The van der Waals surface area contributed by atoms with Crippen molar-refractivity contribution in [2.75, 3.05) is 13.2 Å². The van der Waals surface area contributed by atoms with Gasteiger partial charge in [-0.15, -0.1) is 6.58 Å². The third-order valence-electron chi connectivity index (χ3n) is 6.69. The average molecular weight is 370 g/mol. The van der Waals surface area contributed by atoms with Crippen LogP contribution in [-0.4, -0.2) is 32.9 Å². The van der Waals surface area contributed by atoms with E-state index in [0.29, 0.717) is 31.6 Å². The molecule has 5 heteroatoms. The second kappa shape index (κ2) is 9.01. The minimum atomic E-state index is -3.23. The molecule has 0 aliphatic heterocycles. The van der Waals surface area contributed by atoms with Crippen molar-refractivity contribution in [2.24, 2.45) is 17.8 Å². The monoisotopic (exact) mass is 369 g/mol. The molecule has 0 amide bonds. The van der Waals surface area contributed by atoms with E-state index >= 15 is 0 Å². The van der Waals surface area contributed by atoms with Crippen molar-refractivity contribution in [1.82, 2.24) is 4.72 Å². The Balaban J connectivity index is 1.37. The van der Waals surface area contributed by atoms with Crippen LogP contribution in [0.5, 0.6) is 0 Å². The van der Waals surface area contributed by atoms with Crippen molar-refractivity contribution in [1.29, 1.82) is 0 Å². The van der Waals surface area contributed by atoms with Gasteiger partial charge in [0.1, 0.15) is 0 Å². The molecule has 3 fully saturated rings. The van der Waals surface area contributed by atoms with Crippen LogP contribution < -0.4 is 4.72 Å². The van der Waals surface area contributed by atoms with Crippen LogP contribution in [0, 0.1) is 17.8 Å². The van der Waals surface area contributed by atoms with Crippen molar-refractivity contribution in [3.05, 3.63) is 12.7 Å². The second-order valence-corrected chi connectivity index (χ2v) is 10.4. The van der Waals surface area contributed by atoms with Crippen molar-refractivity contribution >= 4 is 10.0 Å². The molecule has 0 aromatic rings. The standard InChI is InChI=1S/C20H35NO3S/c1-2-16-6-5-9-20(14-16)25(22,23)21-12-13-24-19-11-10-17-7-3-4-8-18(17)15-19/h2,16-21H,1,3-15H2. The summed E-state index contributed by atoms with van der Waals surface area (Å²) in [4.78, 5) is 0. The fraction of sp³-hybridized carbons (Fsp3) is 0.900. The number of hydrogen-bond donors (Lipinski definition) is 1. The molecule has 4 nitrogen and oxygen atoms in total. The van der Waals surface area contributed by atoms with E-state index in [9.17, 15) is 8.42 Å². The summed E-state index contributed by atoms with van der Waals surface area (Å²) >= 11 is 0. The lowest BCUT2D eigenvalue weighted by atomic mass is 9.70. The predicted molar refractivity (Wildman–Crippen MR) is 102 cm³/mol. The number of fused-ring (bicyclic) bond motifs is 1. The minimum absolute atomic E-state index is 0.262. The summed E-state index contributed by atoms with van der Waals surface area (Å²) in [7, 11) is -3.23. The first-order chi connectivity index (χ1) is 12.1. The van der Waals surface area contributed by atoms with Gasteiger partial charge < -0.3 is 4.74 Å². The zero-order chi connectivity index (χ0) is 17.7. The highest BCUT2D eigenvalue weighted by Crippen LogP contribution is 2.41. The molecule has 1 N–H and O–H groups in total. The summed E-state index contributed by atoms with van der Waals surface area (Å²) < 4.78 is 33.8. The maximum absolute atomic E-state index is 12.5. The van der Waals surface area contributed by atoms with Crippen LogP contribution in [0.2, 0.25) is 0 Å². The van der Waals surface area contributed by atoms with Gasteiger partial charge in [0.15, 0.2) is 0 Å². The number of hydrogen-bond acceptors (Lipinski definition) is 3. The van der Waals surface area contributed by atoms with E-state index in [0.717, 1.165) is 37.5 Å². The topological polar surface area (TPSA) is 55.4 Å². The average Bonchev–Trinajstić information content (AvgIpc) is 2.65. The van der Waals surface area contributed by atoms with Crippen LogP contribution >= 0.6 is 0 Å². The number of sulfonamides is 1. The van der Waals surface area contributed by atoms with Gasteiger partial charge in [0.25, 0.3) is 0 Å². The Morgan fingerprint density at radius 2 is 1.76 bits per heavy atom. The lowest BCUT2D eigenvalue weighted by Gasteiger charge is -2.39. The molecule has 0 radical (unpaired) electrons. The van der Waals surface area contributed by atoms with Crippen molar-refractivity contribution in [2.45, 2.75) is 82.0 Å². The van der Waals surface area contributed by atoms with E-state index in [4.69, 9.17) is 4.74 Å². The first-order valence-electron chi connectivity index (χ1n) is 10.3. The normalized spacial score (nSPS) is 36.6. The molecule has 0 aromatic carbocycles. The lowest BCUT2D eigenvalue weighted by molar-refractivity contribution is -0.0102. The third kappa shape index (κ3) is 5.30. The molecule has 0 spiro atoms. The SMILES string of the molecule is C=CC1CCCC(S(=O)(=O)NCCOC2CCC3CCCCC3C2)C1. The lowest BCUT2D eigenvalue weighted by Crippen LogP contribution is -2.39. The quantitative estimate of drug-likeness (QED) is 0.544. The van der Waals surface area contributed by atoms with Gasteiger partial charge in [-0.1, -0.05) is 38.2 Å². The Kier molecular flexibility index (Phi) is 6.98. The van der Waals surface area contributed by atoms with Crippen LogP contribution in [0.15, 0.2) is 12.7 Å². The summed E-state index contributed by atoms with van der Waals surface area (Å²) in [6.45, 7) is 4.73. The molecule has 0 aromatic heterocycles. The van der Waals surface area contributed by atoms with Gasteiger partial charge in [0.05, 0.1) is 18.0 Å². The van der Waals surface area contributed by atoms with E-state index in [-0.39, 0.29) is 5.25 Å². The van der Waals surface area contributed by atoms with Gasteiger partial charge >= 0.3 is 0 Å². The smallest absolute Gasteiger partial charge is 0.214 e. The maximum atomic E-state index is 12.5. The molecule has 3 aliphatic carbocycles. The Morgan fingerprint density at radius 3 is 2.56 bits per heavy atom. The molecule has 0 saturated heterocycles. The highest BCUT2D eigenvalue weighted by atomic mass is 32.2. The van der Waals surface area contributed by atoms with Crippen molar-refractivity contribution in [3.63, 3.8) is 0 Å². The zero-order valence-corrected chi connectivity index (χ0v) is 16.3. The predicted octanol–water partition coefficient (Wildman–Crippen LogP) is 4.03. The molecule has 25 heavy (non-hydrogen) atoms. The van der Waals surface area contributed by atoms with Crippen LogP contribution in [0.4, 0.5) is 0 Å². The van der Waals surface area contributed by atoms with Crippen LogP contribution in [0.25, 0.3) is 0 Å². The molecule has 0 heterocycles. The number of rotatable bonds is 7. The van der Waals surface area contributed by atoms with Gasteiger partial charge in [-0.3, -0.25) is 0 Å². The Bertz CT molecular complexity index is 533. The van der Waals surface area contributed by atoms with E-state index in [1.54, 1.807) is 0 Å². The largest absolute Gasteiger partial charge is 0.377 e. The van der Waals surface area contributed by atoms with Crippen LogP contribution in [0.1, 0.15) is 70.6 Å².